The van der Waals surface area contributed by atoms with E-state index in [1.807, 2.05) is 35.5 Å². The number of hydrogen-bond acceptors (Lipinski definition) is 6. The molecule has 6 nitrogen and oxygen atoms in total. The van der Waals surface area contributed by atoms with Gasteiger partial charge in [-0.1, -0.05) is 0 Å². The number of likely N-dealkylation sites (tertiary alicyclic amines) is 1. The molecular formula is C20H29Cl2N3O3S. The SMILES string of the molecule is CNCC1CCN(C(=O)Cc2csc(-c3ccc(OC)c(OC)c3)n2)CC1.Cl.Cl. The first-order valence-corrected chi connectivity index (χ1v) is 10.1. The number of piperidine rings is 1. The largest absolute Gasteiger partial charge is 0.493 e. The monoisotopic (exact) mass is 461 g/mol. The first-order valence-electron chi connectivity index (χ1n) is 9.23. The lowest BCUT2D eigenvalue weighted by Crippen LogP contribution is -2.41. The van der Waals surface area contributed by atoms with E-state index in [0.717, 1.165) is 48.7 Å². The maximum absolute atomic E-state index is 12.6. The van der Waals surface area contributed by atoms with E-state index in [-0.39, 0.29) is 30.7 Å². The number of thiazole rings is 1. The van der Waals surface area contributed by atoms with Crippen LogP contribution in [0, 0.1) is 5.92 Å². The maximum Gasteiger partial charge on any atom is 0.228 e. The van der Waals surface area contributed by atoms with Crippen LogP contribution in [-0.4, -0.2) is 56.7 Å². The highest BCUT2D eigenvalue weighted by Gasteiger charge is 2.23. The Bertz CT molecular complexity index is 780. The van der Waals surface area contributed by atoms with Gasteiger partial charge in [-0.05, 0) is 50.6 Å². The van der Waals surface area contributed by atoms with Crippen LogP contribution in [0.2, 0.25) is 0 Å². The zero-order chi connectivity index (χ0) is 19.2. The summed E-state index contributed by atoms with van der Waals surface area (Å²) in [4.78, 5) is 19.2. The first-order chi connectivity index (χ1) is 13.1. The van der Waals surface area contributed by atoms with Gasteiger partial charge in [0, 0.05) is 24.0 Å². The van der Waals surface area contributed by atoms with Gasteiger partial charge < -0.3 is 19.7 Å². The van der Waals surface area contributed by atoms with Gasteiger partial charge >= 0.3 is 0 Å². The summed E-state index contributed by atoms with van der Waals surface area (Å²) >= 11 is 1.54. The van der Waals surface area contributed by atoms with Crippen molar-refractivity contribution >= 4 is 42.1 Å². The number of benzene rings is 1. The van der Waals surface area contributed by atoms with Crippen molar-refractivity contribution in [3.8, 4) is 22.1 Å². The zero-order valence-corrected chi connectivity index (χ0v) is 19.4. The van der Waals surface area contributed by atoms with Gasteiger partial charge in [0.2, 0.25) is 5.91 Å². The van der Waals surface area contributed by atoms with Crippen molar-refractivity contribution in [3.05, 3.63) is 29.3 Å². The minimum atomic E-state index is 0. The molecule has 0 atom stereocenters. The molecule has 1 aromatic heterocycles. The summed E-state index contributed by atoms with van der Waals surface area (Å²) in [5, 5.41) is 6.08. The van der Waals surface area contributed by atoms with Crippen molar-refractivity contribution < 1.29 is 14.3 Å². The van der Waals surface area contributed by atoms with Crippen molar-refractivity contribution in [2.45, 2.75) is 19.3 Å². The van der Waals surface area contributed by atoms with Crippen LogP contribution in [0.15, 0.2) is 23.6 Å². The van der Waals surface area contributed by atoms with Crippen LogP contribution < -0.4 is 14.8 Å². The highest BCUT2D eigenvalue weighted by molar-refractivity contribution is 7.13. The van der Waals surface area contributed by atoms with Gasteiger partial charge in [-0.2, -0.15) is 0 Å². The summed E-state index contributed by atoms with van der Waals surface area (Å²) in [5.74, 6) is 2.21. The molecule has 0 saturated carbocycles. The molecule has 9 heteroatoms. The molecule has 29 heavy (non-hydrogen) atoms. The minimum Gasteiger partial charge on any atom is -0.493 e. The molecule has 0 unspecified atom stereocenters. The number of aromatic nitrogens is 1. The number of methoxy groups -OCH3 is 2. The van der Waals surface area contributed by atoms with Gasteiger partial charge in [0.05, 0.1) is 26.3 Å². The number of rotatable bonds is 7. The fourth-order valence-electron chi connectivity index (χ4n) is 3.43. The van der Waals surface area contributed by atoms with Crippen molar-refractivity contribution in [2.75, 3.05) is 40.9 Å². The lowest BCUT2D eigenvalue weighted by molar-refractivity contribution is -0.131. The number of hydrogen-bond donors (Lipinski definition) is 1. The number of carbonyl (C=O) groups is 1. The molecule has 1 aliphatic rings. The molecule has 1 saturated heterocycles. The van der Waals surface area contributed by atoms with E-state index >= 15 is 0 Å². The molecular weight excluding hydrogens is 433 g/mol. The second-order valence-electron chi connectivity index (χ2n) is 6.77. The third kappa shape index (κ3) is 6.47. The number of amides is 1. The fourth-order valence-corrected chi connectivity index (χ4v) is 4.25. The highest BCUT2D eigenvalue weighted by Crippen LogP contribution is 2.33. The Labute approximate surface area is 188 Å². The summed E-state index contributed by atoms with van der Waals surface area (Å²) in [6.45, 7) is 2.72. The van der Waals surface area contributed by atoms with Gasteiger partial charge in [-0.3, -0.25) is 4.79 Å². The standard InChI is InChI=1S/C20H27N3O3S.2ClH/c1-21-12-14-6-8-23(9-7-14)19(24)11-16-13-27-20(22-16)15-4-5-17(25-2)18(10-15)26-3;;/h4-5,10,13-14,21H,6-9,11-12H2,1-3H3;2*1H. The molecule has 0 bridgehead atoms. The number of nitrogens with zero attached hydrogens (tertiary/aromatic N) is 2. The Kier molecular flexibility index (Phi) is 10.7. The summed E-state index contributed by atoms with van der Waals surface area (Å²) in [5.41, 5.74) is 1.79. The first kappa shape index (κ1) is 25.5. The average molecular weight is 462 g/mol. The molecule has 2 aromatic rings. The summed E-state index contributed by atoms with van der Waals surface area (Å²) < 4.78 is 10.6. The van der Waals surface area contributed by atoms with Gasteiger partial charge in [-0.25, -0.2) is 4.98 Å². The number of carbonyl (C=O) groups excluding carboxylic acids is 1. The second kappa shape index (κ2) is 12.2. The quantitative estimate of drug-likeness (QED) is 0.681. The van der Waals surface area contributed by atoms with Gasteiger partial charge in [0.1, 0.15) is 5.01 Å². The van der Waals surface area contributed by atoms with Gasteiger partial charge in [0.25, 0.3) is 0 Å². The Balaban J connectivity index is 0.00000210. The molecule has 1 fully saturated rings. The Hall–Kier alpha value is -1.54. The van der Waals surface area contributed by atoms with Gasteiger partial charge in [0.15, 0.2) is 11.5 Å². The van der Waals surface area contributed by atoms with E-state index in [1.54, 1.807) is 25.6 Å². The molecule has 0 radical (unpaired) electrons. The lowest BCUT2D eigenvalue weighted by Gasteiger charge is -2.31. The van der Waals surface area contributed by atoms with E-state index in [2.05, 4.69) is 10.3 Å². The smallest absolute Gasteiger partial charge is 0.228 e. The third-order valence-corrected chi connectivity index (χ3v) is 5.91. The number of nitrogens with one attached hydrogen (secondary N) is 1. The minimum absolute atomic E-state index is 0. The molecule has 1 aliphatic heterocycles. The Morgan fingerprint density at radius 2 is 1.90 bits per heavy atom. The van der Waals surface area contributed by atoms with E-state index in [9.17, 15) is 4.79 Å². The van der Waals surface area contributed by atoms with Crippen LogP contribution in [0.5, 0.6) is 11.5 Å². The molecule has 1 amide bonds. The van der Waals surface area contributed by atoms with E-state index in [4.69, 9.17) is 9.47 Å². The number of ether oxygens (including phenoxy) is 2. The molecule has 1 N–H and O–H groups in total. The third-order valence-electron chi connectivity index (χ3n) is 4.97. The summed E-state index contributed by atoms with van der Waals surface area (Å²) in [6, 6.07) is 5.74. The van der Waals surface area contributed by atoms with Gasteiger partial charge in [-0.15, -0.1) is 36.2 Å². The second-order valence-corrected chi connectivity index (χ2v) is 7.63. The lowest BCUT2D eigenvalue weighted by atomic mass is 9.96. The molecule has 1 aromatic carbocycles. The average Bonchev–Trinajstić information content (AvgIpc) is 3.16. The predicted molar refractivity (Wildman–Crippen MR) is 122 cm³/mol. The summed E-state index contributed by atoms with van der Waals surface area (Å²) in [6.07, 6.45) is 2.50. The van der Waals surface area contributed by atoms with Crippen LogP contribution in [-0.2, 0) is 11.2 Å². The number of halogens is 2. The topological polar surface area (TPSA) is 63.7 Å². The molecule has 162 valence electrons. The van der Waals surface area contributed by atoms with Crippen LogP contribution in [0.25, 0.3) is 10.6 Å². The van der Waals surface area contributed by atoms with E-state index in [0.29, 0.717) is 23.8 Å². The van der Waals surface area contributed by atoms with E-state index in [1.165, 1.54) is 0 Å². The van der Waals surface area contributed by atoms with Crippen molar-refractivity contribution in [1.82, 2.24) is 15.2 Å². The van der Waals surface area contributed by atoms with Crippen LogP contribution in [0.1, 0.15) is 18.5 Å². The van der Waals surface area contributed by atoms with Crippen molar-refractivity contribution in [1.29, 1.82) is 0 Å². The molecule has 3 rings (SSSR count). The van der Waals surface area contributed by atoms with E-state index < -0.39 is 0 Å². The maximum atomic E-state index is 12.6. The Morgan fingerprint density at radius 3 is 2.52 bits per heavy atom. The highest BCUT2D eigenvalue weighted by atomic mass is 35.5. The molecule has 0 spiro atoms. The zero-order valence-electron chi connectivity index (χ0n) is 17.0. The van der Waals surface area contributed by atoms with Crippen molar-refractivity contribution in [3.63, 3.8) is 0 Å². The van der Waals surface area contributed by atoms with Crippen LogP contribution in [0.4, 0.5) is 0 Å². The van der Waals surface area contributed by atoms with Crippen LogP contribution >= 0.6 is 36.2 Å². The van der Waals surface area contributed by atoms with Crippen molar-refractivity contribution in [2.24, 2.45) is 5.92 Å². The Morgan fingerprint density at radius 1 is 1.21 bits per heavy atom. The fraction of sp³-hybridized carbons (Fsp3) is 0.500. The normalized spacial score (nSPS) is 14.0. The predicted octanol–water partition coefficient (Wildman–Crippen LogP) is 3.67. The summed E-state index contributed by atoms with van der Waals surface area (Å²) in [7, 11) is 5.22. The molecule has 0 aliphatic carbocycles. The van der Waals surface area contributed by atoms with Crippen LogP contribution in [0.3, 0.4) is 0 Å². The molecule has 2 heterocycles.